The van der Waals surface area contributed by atoms with Gasteiger partial charge in [0.1, 0.15) is 0 Å². The van der Waals surface area contributed by atoms with Gasteiger partial charge in [-0.1, -0.05) is 30.7 Å². The fraction of sp³-hybridized carbons (Fsp3) is 0.474. The Kier molecular flexibility index (Phi) is 6.45. The predicted molar refractivity (Wildman–Crippen MR) is 101 cm³/mol. The van der Waals surface area contributed by atoms with Gasteiger partial charge >= 0.3 is 0 Å². The summed E-state index contributed by atoms with van der Waals surface area (Å²) in [7, 11) is 1.78. The highest BCUT2D eigenvalue weighted by Gasteiger charge is 2.10. The van der Waals surface area contributed by atoms with E-state index in [0.717, 1.165) is 24.7 Å². The fourth-order valence-corrected chi connectivity index (χ4v) is 3.11. The van der Waals surface area contributed by atoms with Gasteiger partial charge in [0.05, 0.1) is 12.2 Å². The molecule has 2 heterocycles. The Labute approximate surface area is 149 Å². The summed E-state index contributed by atoms with van der Waals surface area (Å²) >= 11 is 0. The number of nitrogens with zero attached hydrogens (tertiary/aromatic N) is 3. The SMILES string of the molecule is CN=C(NCc1ccc(CN2CCCCC2)cc1)NCc1ccn[nH]1. The van der Waals surface area contributed by atoms with Gasteiger partial charge < -0.3 is 10.6 Å². The third-order valence-corrected chi connectivity index (χ3v) is 4.57. The van der Waals surface area contributed by atoms with Crippen LogP contribution in [0.4, 0.5) is 0 Å². The number of aromatic nitrogens is 2. The highest BCUT2D eigenvalue weighted by molar-refractivity contribution is 5.79. The second kappa shape index (κ2) is 9.22. The number of hydrogen-bond donors (Lipinski definition) is 3. The molecule has 1 fully saturated rings. The van der Waals surface area contributed by atoms with E-state index in [0.29, 0.717) is 6.54 Å². The number of aromatic amines is 1. The summed E-state index contributed by atoms with van der Waals surface area (Å²) in [6.07, 6.45) is 5.81. The average molecular weight is 340 g/mol. The van der Waals surface area contributed by atoms with Crippen molar-refractivity contribution in [3.8, 4) is 0 Å². The second-order valence-electron chi connectivity index (χ2n) is 6.51. The van der Waals surface area contributed by atoms with E-state index in [9.17, 15) is 0 Å². The molecule has 0 bridgehead atoms. The molecule has 0 unspecified atom stereocenters. The van der Waals surface area contributed by atoms with E-state index in [1.807, 2.05) is 6.07 Å². The summed E-state index contributed by atoms with van der Waals surface area (Å²) in [5, 5.41) is 13.5. The van der Waals surface area contributed by atoms with Gasteiger partial charge in [0.15, 0.2) is 5.96 Å². The van der Waals surface area contributed by atoms with Gasteiger partial charge in [-0.05, 0) is 43.1 Å². The summed E-state index contributed by atoms with van der Waals surface area (Å²) in [4.78, 5) is 6.80. The van der Waals surface area contributed by atoms with Gasteiger partial charge in [-0.25, -0.2) is 0 Å². The first-order valence-corrected chi connectivity index (χ1v) is 9.06. The number of guanidine groups is 1. The van der Waals surface area contributed by atoms with Crippen molar-refractivity contribution in [2.45, 2.75) is 38.9 Å². The molecule has 6 heteroatoms. The Morgan fingerprint density at radius 2 is 1.76 bits per heavy atom. The van der Waals surface area contributed by atoms with E-state index < -0.39 is 0 Å². The molecule has 3 rings (SSSR count). The summed E-state index contributed by atoms with van der Waals surface area (Å²) in [6, 6.07) is 10.8. The van der Waals surface area contributed by atoms with E-state index >= 15 is 0 Å². The highest BCUT2D eigenvalue weighted by atomic mass is 15.2. The normalized spacial score (nSPS) is 16.0. The Hall–Kier alpha value is -2.34. The lowest BCUT2D eigenvalue weighted by Crippen LogP contribution is -2.36. The van der Waals surface area contributed by atoms with Crippen LogP contribution >= 0.6 is 0 Å². The molecular formula is C19H28N6. The Morgan fingerprint density at radius 3 is 2.44 bits per heavy atom. The number of hydrogen-bond acceptors (Lipinski definition) is 3. The van der Waals surface area contributed by atoms with E-state index in [1.165, 1.54) is 43.5 Å². The van der Waals surface area contributed by atoms with Gasteiger partial charge in [0.25, 0.3) is 0 Å². The minimum absolute atomic E-state index is 0.675. The zero-order valence-corrected chi connectivity index (χ0v) is 15.0. The van der Waals surface area contributed by atoms with E-state index in [1.54, 1.807) is 13.2 Å². The summed E-state index contributed by atoms with van der Waals surface area (Å²) < 4.78 is 0. The molecule has 1 aliphatic heterocycles. The lowest BCUT2D eigenvalue weighted by molar-refractivity contribution is 0.221. The van der Waals surface area contributed by atoms with Crippen LogP contribution in [0.1, 0.15) is 36.1 Å². The Morgan fingerprint density at radius 1 is 1.04 bits per heavy atom. The lowest BCUT2D eigenvalue weighted by Gasteiger charge is -2.26. The van der Waals surface area contributed by atoms with Crippen molar-refractivity contribution in [1.29, 1.82) is 0 Å². The minimum atomic E-state index is 0.675. The van der Waals surface area contributed by atoms with Crippen molar-refractivity contribution >= 4 is 5.96 Å². The second-order valence-corrected chi connectivity index (χ2v) is 6.51. The van der Waals surface area contributed by atoms with Crippen LogP contribution in [0, 0.1) is 0 Å². The maximum Gasteiger partial charge on any atom is 0.191 e. The molecule has 0 atom stereocenters. The van der Waals surface area contributed by atoms with Crippen molar-refractivity contribution < 1.29 is 0 Å². The Bertz CT molecular complexity index is 641. The first-order chi connectivity index (χ1) is 12.3. The summed E-state index contributed by atoms with van der Waals surface area (Å²) in [5.74, 6) is 0.784. The van der Waals surface area contributed by atoms with Crippen LogP contribution in [0.2, 0.25) is 0 Å². The van der Waals surface area contributed by atoms with Crippen LogP contribution in [-0.4, -0.2) is 41.2 Å². The maximum absolute atomic E-state index is 4.25. The zero-order chi connectivity index (χ0) is 17.3. The molecule has 2 aromatic rings. The molecule has 0 aliphatic carbocycles. The van der Waals surface area contributed by atoms with Crippen molar-refractivity contribution in [1.82, 2.24) is 25.7 Å². The number of piperidine rings is 1. The molecule has 134 valence electrons. The predicted octanol–water partition coefficient (Wildman–Crippen LogP) is 2.26. The summed E-state index contributed by atoms with van der Waals surface area (Å²) in [6.45, 7) is 4.98. The number of H-pyrrole nitrogens is 1. The molecule has 25 heavy (non-hydrogen) atoms. The smallest absolute Gasteiger partial charge is 0.191 e. The van der Waals surface area contributed by atoms with Gasteiger partial charge in [0.2, 0.25) is 0 Å². The molecule has 0 saturated carbocycles. The van der Waals surface area contributed by atoms with Gasteiger partial charge in [-0.3, -0.25) is 15.0 Å². The molecule has 0 spiro atoms. The zero-order valence-electron chi connectivity index (χ0n) is 15.0. The van der Waals surface area contributed by atoms with Crippen molar-refractivity contribution in [2.75, 3.05) is 20.1 Å². The van der Waals surface area contributed by atoms with Crippen LogP contribution in [0.15, 0.2) is 41.5 Å². The molecular weight excluding hydrogens is 312 g/mol. The first kappa shape index (κ1) is 17.5. The van der Waals surface area contributed by atoms with Crippen LogP contribution in [0.25, 0.3) is 0 Å². The molecule has 6 nitrogen and oxygen atoms in total. The number of likely N-dealkylation sites (tertiary alicyclic amines) is 1. The standard InChI is InChI=1S/C19H28N6/c1-20-19(22-14-18-9-10-23-24-18)21-13-16-5-7-17(8-6-16)15-25-11-3-2-4-12-25/h5-10H,2-4,11-15H2,1H3,(H,23,24)(H2,20,21,22). The first-order valence-electron chi connectivity index (χ1n) is 9.06. The minimum Gasteiger partial charge on any atom is -0.352 e. The number of nitrogens with one attached hydrogen (secondary N) is 3. The molecule has 0 radical (unpaired) electrons. The van der Waals surface area contributed by atoms with Gasteiger partial charge in [0, 0.05) is 26.3 Å². The van der Waals surface area contributed by atoms with Gasteiger partial charge in [-0.2, -0.15) is 5.10 Å². The maximum atomic E-state index is 4.25. The van der Waals surface area contributed by atoms with E-state index in [2.05, 4.69) is 55.0 Å². The van der Waals surface area contributed by atoms with Crippen LogP contribution in [0.3, 0.4) is 0 Å². The quantitative estimate of drug-likeness (QED) is 0.557. The summed E-state index contributed by atoms with van der Waals surface area (Å²) in [5.41, 5.74) is 3.68. The van der Waals surface area contributed by atoms with E-state index in [-0.39, 0.29) is 0 Å². The fourth-order valence-electron chi connectivity index (χ4n) is 3.11. The third kappa shape index (κ3) is 5.60. The molecule has 1 saturated heterocycles. The van der Waals surface area contributed by atoms with Crippen LogP contribution in [-0.2, 0) is 19.6 Å². The largest absolute Gasteiger partial charge is 0.352 e. The Balaban J connectivity index is 1.44. The highest BCUT2D eigenvalue weighted by Crippen LogP contribution is 2.13. The average Bonchev–Trinajstić information content (AvgIpc) is 3.18. The molecule has 1 aliphatic rings. The molecule has 0 amide bonds. The lowest BCUT2D eigenvalue weighted by atomic mass is 10.1. The van der Waals surface area contributed by atoms with Crippen molar-refractivity contribution in [2.24, 2.45) is 4.99 Å². The van der Waals surface area contributed by atoms with Crippen molar-refractivity contribution in [3.05, 3.63) is 53.3 Å². The number of benzene rings is 1. The monoisotopic (exact) mass is 340 g/mol. The topological polar surface area (TPSA) is 68.3 Å². The van der Waals surface area contributed by atoms with E-state index in [4.69, 9.17) is 0 Å². The molecule has 3 N–H and O–H groups in total. The van der Waals surface area contributed by atoms with Crippen molar-refractivity contribution in [3.63, 3.8) is 0 Å². The molecule has 1 aromatic carbocycles. The van der Waals surface area contributed by atoms with Crippen LogP contribution in [0.5, 0.6) is 0 Å². The molecule has 1 aromatic heterocycles. The third-order valence-electron chi connectivity index (χ3n) is 4.57. The number of aliphatic imine (C=N–C) groups is 1. The number of rotatable bonds is 6. The van der Waals surface area contributed by atoms with Crippen LogP contribution < -0.4 is 10.6 Å². The van der Waals surface area contributed by atoms with Gasteiger partial charge in [-0.15, -0.1) is 0 Å².